The van der Waals surface area contributed by atoms with Crippen molar-refractivity contribution in [3.63, 3.8) is 0 Å². The van der Waals surface area contributed by atoms with Gasteiger partial charge in [-0.3, -0.25) is 4.31 Å². The average molecular weight is 412 g/mol. The van der Waals surface area contributed by atoms with Gasteiger partial charge in [0, 0.05) is 12.8 Å². The minimum atomic E-state index is -3.81. The first-order valence-corrected chi connectivity index (χ1v) is 11.6. The van der Waals surface area contributed by atoms with E-state index in [-0.39, 0.29) is 11.4 Å². The lowest BCUT2D eigenvalue weighted by molar-refractivity contribution is -0.890. The van der Waals surface area contributed by atoms with Crippen molar-refractivity contribution in [2.24, 2.45) is 0 Å². The number of para-hydroxylation sites is 1. The molecule has 3 aromatic rings. The van der Waals surface area contributed by atoms with Gasteiger partial charge >= 0.3 is 0 Å². The van der Waals surface area contributed by atoms with Gasteiger partial charge < -0.3 is 10.0 Å². The second-order valence-electron chi connectivity index (χ2n) is 7.70. The lowest BCUT2D eigenvalue weighted by Crippen LogP contribution is -3.11. The molecular formula is C23H27N2O3S+. The van der Waals surface area contributed by atoms with E-state index in [9.17, 15) is 13.5 Å². The lowest BCUT2D eigenvalue weighted by Gasteiger charge is -2.27. The Hall–Kier alpha value is -2.41. The van der Waals surface area contributed by atoms with Crippen molar-refractivity contribution in [3.05, 3.63) is 72.8 Å². The Kier molecular flexibility index (Phi) is 5.85. The molecule has 1 heterocycles. The first-order valence-electron chi connectivity index (χ1n) is 10.1. The van der Waals surface area contributed by atoms with E-state index in [1.54, 1.807) is 24.3 Å². The summed E-state index contributed by atoms with van der Waals surface area (Å²) in [5, 5.41) is 12.6. The molecule has 0 aliphatic carbocycles. The van der Waals surface area contributed by atoms with Crippen molar-refractivity contribution < 1.29 is 18.4 Å². The normalized spacial score (nSPS) is 16.2. The summed E-state index contributed by atoms with van der Waals surface area (Å²) >= 11 is 0. The minimum absolute atomic E-state index is 0.0443. The SMILES string of the molecule is O=S(=O)(c1ccc2ccccc2c1)N(C[C@@H](O)C[NH+]1CCCC1)c1ccccc1. The van der Waals surface area contributed by atoms with Crippen LogP contribution >= 0.6 is 0 Å². The van der Waals surface area contributed by atoms with E-state index in [0.29, 0.717) is 12.2 Å². The monoisotopic (exact) mass is 411 g/mol. The van der Waals surface area contributed by atoms with Gasteiger partial charge in [0.1, 0.15) is 12.6 Å². The highest BCUT2D eigenvalue weighted by molar-refractivity contribution is 7.92. The van der Waals surface area contributed by atoms with E-state index in [0.717, 1.165) is 23.9 Å². The molecule has 4 rings (SSSR count). The number of hydrogen-bond acceptors (Lipinski definition) is 3. The number of rotatable bonds is 7. The van der Waals surface area contributed by atoms with Gasteiger partial charge in [-0.2, -0.15) is 0 Å². The second kappa shape index (κ2) is 8.53. The van der Waals surface area contributed by atoms with Gasteiger partial charge in [0.25, 0.3) is 10.0 Å². The number of nitrogens with one attached hydrogen (secondary N) is 1. The van der Waals surface area contributed by atoms with Crippen LogP contribution in [0.1, 0.15) is 12.8 Å². The van der Waals surface area contributed by atoms with E-state index in [1.807, 2.05) is 48.5 Å². The van der Waals surface area contributed by atoms with Crippen molar-refractivity contribution in [2.45, 2.75) is 23.8 Å². The highest BCUT2D eigenvalue weighted by Crippen LogP contribution is 2.26. The molecule has 1 aliphatic rings. The molecule has 6 heteroatoms. The summed E-state index contributed by atoms with van der Waals surface area (Å²) in [6, 6.07) is 21.9. The highest BCUT2D eigenvalue weighted by atomic mass is 32.2. The summed E-state index contributed by atoms with van der Waals surface area (Å²) in [6.45, 7) is 2.69. The van der Waals surface area contributed by atoms with E-state index >= 15 is 0 Å². The van der Waals surface area contributed by atoms with Crippen LogP contribution in [0.2, 0.25) is 0 Å². The number of quaternary nitrogens is 1. The van der Waals surface area contributed by atoms with Crippen LogP contribution in [-0.4, -0.2) is 45.8 Å². The third-order valence-electron chi connectivity index (χ3n) is 5.56. The molecule has 1 atom stereocenters. The molecule has 2 N–H and O–H groups in total. The molecule has 3 aromatic carbocycles. The Morgan fingerprint density at radius 3 is 2.28 bits per heavy atom. The summed E-state index contributed by atoms with van der Waals surface area (Å²) in [6.07, 6.45) is 1.61. The standard InChI is InChI=1S/C23H26N2O3S/c26-22(17-24-14-6-7-15-24)18-25(21-10-2-1-3-11-21)29(27,28)23-13-12-19-8-4-5-9-20(19)16-23/h1-5,8-13,16,22,26H,6-7,14-15,17-18H2/p+1/t22-/m0/s1. The van der Waals surface area contributed by atoms with Gasteiger partial charge in [-0.15, -0.1) is 0 Å². The number of nitrogens with zero attached hydrogens (tertiary/aromatic N) is 1. The van der Waals surface area contributed by atoms with Gasteiger partial charge in [0.15, 0.2) is 0 Å². The highest BCUT2D eigenvalue weighted by Gasteiger charge is 2.29. The van der Waals surface area contributed by atoms with Crippen molar-refractivity contribution in [2.75, 3.05) is 30.5 Å². The number of sulfonamides is 1. The maximum absolute atomic E-state index is 13.6. The zero-order valence-electron chi connectivity index (χ0n) is 16.4. The molecule has 0 bridgehead atoms. The molecule has 1 saturated heterocycles. The third-order valence-corrected chi connectivity index (χ3v) is 7.35. The second-order valence-corrected chi connectivity index (χ2v) is 9.56. The summed E-state index contributed by atoms with van der Waals surface area (Å²) in [4.78, 5) is 1.58. The zero-order valence-corrected chi connectivity index (χ0v) is 17.2. The molecule has 0 amide bonds. The van der Waals surface area contributed by atoms with Gasteiger partial charge in [0.05, 0.1) is 30.2 Å². The summed E-state index contributed by atoms with van der Waals surface area (Å²) < 4.78 is 28.5. The van der Waals surface area contributed by atoms with E-state index < -0.39 is 16.1 Å². The molecule has 1 aliphatic heterocycles. The van der Waals surface area contributed by atoms with Crippen LogP contribution in [0.15, 0.2) is 77.7 Å². The number of likely N-dealkylation sites (tertiary alicyclic amines) is 1. The van der Waals surface area contributed by atoms with Crippen molar-refractivity contribution >= 4 is 26.5 Å². The van der Waals surface area contributed by atoms with Gasteiger partial charge in [-0.05, 0) is 35.0 Å². The molecule has 29 heavy (non-hydrogen) atoms. The number of anilines is 1. The summed E-state index contributed by atoms with van der Waals surface area (Å²) in [5.41, 5.74) is 0.566. The maximum atomic E-state index is 13.6. The number of benzene rings is 3. The molecule has 152 valence electrons. The van der Waals surface area contributed by atoms with Crippen LogP contribution < -0.4 is 9.21 Å². The zero-order chi connectivity index (χ0) is 20.3. The topological polar surface area (TPSA) is 62.0 Å². The Balaban J connectivity index is 1.66. The van der Waals surface area contributed by atoms with E-state index in [2.05, 4.69) is 0 Å². The fourth-order valence-corrected chi connectivity index (χ4v) is 5.60. The quantitative estimate of drug-likeness (QED) is 0.626. The Bertz CT molecular complexity index is 1060. The van der Waals surface area contributed by atoms with Crippen molar-refractivity contribution in [1.29, 1.82) is 0 Å². The molecule has 5 nitrogen and oxygen atoms in total. The van der Waals surface area contributed by atoms with Crippen molar-refractivity contribution in [3.8, 4) is 0 Å². The fraction of sp³-hybridized carbons (Fsp3) is 0.304. The number of fused-ring (bicyclic) bond motifs is 1. The largest absolute Gasteiger partial charge is 0.385 e. The maximum Gasteiger partial charge on any atom is 0.264 e. The predicted molar refractivity (Wildman–Crippen MR) is 116 cm³/mol. The Morgan fingerprint density at radius 1 is 0.897 bits per heavy atom. The Labute approximate surface area is 172 Å². The molecule has 0 saturated carbocycles. The van der Waals surface area contributed by atoms with Crippen LogP contribution in [-0.2, 0) is 10.0 Å². The number of hydrogen-bond donors (Lipinski definition) is 2. The molecule has 0 aromatic heterocycles. The number of aliphatic hydroxyl groups is 1. The van der Waals surface area contributed by atoms with Crippen LogP contribution in [0.3, 0.4) is 0 Å². The van der Waals surface area contributed by atoms with Crippen LogP contribution in [0.5, 0.6) is 0 Å². The van der Waals surface area contributed by atoms with Gasteiger partial charge in [-0.1, -0.05) is 48.5 Å². The minimum Gasteiger partial charge on any atom is -0.385 e. The Morgan fingerprint density at radius 2 is 1.55 bits per heavy atom. The smallest absolute Gasteiger partial charge is 0.264 e. The molecule has 0 spiro atoms. The summed E-state index contributed by atoms with van der Waals surface area (Å²) in [5.74, 6) is 0. The molecule has 0 radical (unpaired) electrons. The molecular weight excluding hydrogens is 384 g/mol. The molecule has 1 fully saturated rings. The first kappa shape index (κ1) is 19.9. The average Bonchev–Trinajstić information content (AvgIpc) is 3.25. The summed E-state index contributed by atoms with van der Waals surface area (Å²) in [7, 11) is -3.81. The van der Waals surface area contributed by atoms with E-state index in [4.69, 9.17) is 0 Å². The molecule has 0 unspecified atom stereocenters. The fourth-order valence-electron chi connectivity index (χ4n) is 4.06. The number of aliphatic hydroxyl groups excluding tert-OH is 1. The lowest BCUT2D eigenvalue weighted by atomic mass is 10.1. The van der Waals surface area contributed by atoms with Crippen LogP contribution in [0.4, 0.5) is 5.69 Å². The first-order chi connectivity index (χ1) is 14.0. The predicted octanol–water partition coefficient (Wildman–Crippen LogP) is 2.07. The van der Waals surface area contributed by atoms with Crippen LogP contribution in [0, 0.1) is 0 Å². The van der Waals surface area contributed by atoms with Gasteiger partial charge in [-0.25, -0.2) is 8.42 Å². The van der Waals surface area contributed by atoms with Crippen molar-refractivity contribution in [1.82, 2.24) is 0 Å². The van der Waals surface area contributed by atoms with Crippen LogP contribution in [0.25, 0.3) is 10.8 Å². The van der Waals surface area contributed by atoms with E-state index in [1.165, 1.54) is 22.0 Å². The third kappa shape index (κ3) is 4.45. The van der Waals surface area contributed by atoms with Gasteiger partial charge in [0.2, 0.25) is 0 Å².